The first-order chi connectivity index (χ1) is 28.3. The molecule has 0 radical (unpaired) electrons. The SMILES string of the molecule is c1ccc(-c2ccc3c(c2)c2cc(-c4ccccc4)ccc2n3-c2cccc3c2oc2c(-c4ccccc4)ccc(-c4cccc5oc6ccccc6c45)c23)cc1. The highest BCUT2D eigenvalue weighted by molar-refractivity contribution is 6.22. The standard InChI is InChI=1S/C54H33NO2/c1-4-14-34(15-5-1)37-26-30-46-44(32-37)45-33-38(35-16-6-2-7-17-35)27-31-47(45)55(46)48-23-12-22-43-52-41(29-28-39(54(52)57-53(43)48)36-18-8-3-9-19-36)40-21-13-25-50-51(40)42-20-10-11-24-49(42)56-50/h1-33H. The number of hydrogen-bond acceptors (Lipinski definition) is 2. The summed E-state index contributed by atoms with van der Waals surface area (Å²) >= 11 is 0. The summed E-state index contributed by atoms with van der Waals surface area (Å²) in [5, 5.41) is 6.76. The zero-order valence-electron chi connectivity index (χ0n) is 30.8. The van der Waals surface area contributed by atoms with Crippen molar-refractivity contribution in [1.29, 1.82) is 0 Å². The van der Waals surface area contributed by atoms with Gasteiger partial charge in [0, 0.05) is 37.9 Å². The van der Waals surface area contributed by atoms with Gasteiger partial charge < -0.3 is 13.4 Å². The number of nitrogens with zero attached hydrogens (tertiary/aromatic N) is 1. The van der Waals surface area contributed by atoms with Gasteiger partial charge >= 0.3 is 0 Å². The lowest BCUT2D eigenvalue weighted by molar-refractivity contribution is 0.667. The summed E-state index contributed by atoms with van der Waals surface area (Å²) in [4.78, 5) is 0. The quantitative estimate of drug-likeness (QED) is 0.177. The number of rotatable bonds is 5. The van der Waals surface area contributed by atoms with Gasteiger partial charge in [0.1, 0.15) is 16.7 Å². The third-order valence-electron chi connectivity index (χ3n) is 11.6. The van der Waals surface area contributed by atoms with Crippen LogP contribution in [0.1, 0.15) is 0 Å². The summed E-state index contributed by atoms with van der Waals surface area (Å²) in [6.07, 6.45) is 0. The third-order valence-corrected chi connectivity index (χ3v) is 11.6. The Labute approximate surface area is 328 Å². The summed E-state index contributed by atoms with van der Waals surface area (Å²) in [6.45, 7) is 0. The Morgan fingerprint density at radius 3 is 1.53 bits per heavy atom. The smallest absolute Gasteiger partial charge is 0.159 e. The van der Waals surface area contributed by atoms with E-state index in [2.05, 4.69) is 193 Å². The van der Waals surface area contributed by atoms with Crippen LogP contribution in [0.3, 0.4) is 0 Å². The first kappa shape index (κ1) is 31.7. The van der Waals surface area contributed by atoms with Gasteiger partial charge in [-0.25, -0.2) is 0 Å². The summed E-state index contributed by atoms with van der Waals surface area (Å²) in [5.74, 6) is 0. The van der Waals surface area contributed by atoms with Crippen LogP contribution in [0.5, 0.6) is 0 Å². The lowest BCUT2D eigenvalue weighted by Crippen LogP contribution is -1.94. The van der Waals surface area contributed by atoms with Gasteiger partial charge in [-0.05, 0) is 87.5 Å². The van der Waals surface area contributed by atoms with Gasteiger partial charge in [-0.1, -0.05) is 152 Å². The van der Waals surface area contributed by atoms with Crippen LogP contribution < -0.4 is 0 Å². The number of hydrogen-bond donors (Lipinski definition) is 0. The Balaban J connectivity index is 1.18. The first-order valence-corrected chi connectivity index (χ1v) is 19.4. The minimum atomic E-state index is 0.847. The monoisotopic (exact) mass is 727 g/mol. The highest BCUT2D eigenvalue weighted by Crippen LogP contribution is 2.47. The predicted molar refractivity (Wildman–Crippen MR) is 237 cm³/mol. The maximum atomic E-state index is 7.28. The molecule has 12 rings (SSSR count). The second kappa shape index (κ2) is 12.5. The molecule has 0 atom stereocenters. The number of aromatic nitrogens is 1. The lowest BCUT2D eigenvalue weighted by Gasteiger charge is -2.10. The van der Waals surface area contributed by atoms with Crippen LogP contribution in [0.25, 0.3) is 116 Å². The number of furan rings is 2. The van der Waals surface area contributed by atoms with Crippen molar-refractivity contribution < 1.29 is 8.83 Å². The zero-order valence-corrected chi connectivity index (χ0v) is 30.8. The topological polar surface area (TPSA) is 31.2 Å². The fourth-order valence-corrected chi connectivity index (χ4v) is 9.03. The van der Waals surface area contributed by atoms with Gasteiger partial charge in [0.25, 0.3) is 0 Å². The van der Waals surface area contributed by atoms with E-state index in [0.29, 0.717) is 0 Å². The average molecular weight is 728 g/mol. The van der Waals surface area contributed by atoms with Crippen LogP contribution in [-0.2, 0) is 0 Å². The van der Waals surface area contributed by atoms with Gasteiger partial charge in [0.15, 0.2) is 5.58 Å². The molecule has 0 fully saturated rings. The van der Waals surface area contributed by atoms with E-state index in [9.17, 15) is 0 Å². The maximum absolute atomic E-state index is 7.28. The predicted octanol–water partition coefficient (Wildman–Crippen LogP) is 15.3. The summed E-state index contributed by atoms with van der Waals surface area (Å²) in [5.41, 5.74) is 15.9. The van der Waals surface area contributed by atoms with Crippen molar-refractivity contribution >= 4 is 65.7 Å². The molecule has 0 saturated heterocycles. The van der Waals surface area contributed by atoms with E-state index in [4.69, 9.17) is 8.83 Å². The maximum Gasteiger partial charge on any atom is 0.159 e. The Hall–Kier alpha value is -7.62. The fourth-order valence-electron chi connectivity index (χ4n) is 9.03. The van der Waals surface area contributed by atoms with Crippen molar-refractivity contribution in [3.8, 4) is 50.2 Å². The van der Waals surface area contributed by atoms with E-state index < -0.39 is 0 Å². The highest BCUT2D eigenvalue weighted by atomic mass is 16.3. The highest BCUT2D eigenvalue weighted by Gasteiger charge is 2.24. The molecule has 9 aromatic carbocycles. The van der Waals surface area contributed by atoms with E-state index in [1.807, 2.05) is 12.1 Å². The molecule has 0 aliphatic rings. The first-order valence-electron chi connectivity index (χ1n) is 19.4. The number of fused-ring (bicyclic) bond motifs is 9. The van der Waals surface area contributed by atoms with Gasteiger partial charge in [0.05, 0.1) is 16.7 Å². The van der Waals surface area contributed by atoms with Crippen molar-refractivity contribution in [3.05, 3.63) is 200 Å². The van der Waals surface area contributed by atoms with Crippen molar-refractivity contribution in [2.24, 2.45) is 0 Å². The molecule has 3 nitrogen and oxygen atoms in total. The van der Waals surface area contributed by atoms with Crippen molar-refractivity contribution in [2.45, 2.75) is 0 Å². The second-order valence-corrected chi connectivity index (χ2v) is 14.8. The van der Waals surface area contributed by atoms with Crippen LogP contribution in [0.4, 0.5) is 0 Å². The molecule has 0 unspecified atom stereocenters. The van der Waals surface area contributed by atoms with E-state index in [1.165, 1.54) is 33.0 Å². The minimum Gasteiger partial charge on any atom is -0.456 e. The Morgan fingerprint density at radius 2 is 0.842 bits per heavy atom. The summed E-state index contributed by atoms with van der Waals surface area (Å²) in [6, 6.07) is 71.3. The molecule has 3 aromatic heterocycles. The normalized spacial score (nSPS) is 11.9. The van der Waals surface area contributed by atoms with E-state index in [-0.39, 0.29) is 0 Å². The van der Waals surface area contributed by atoms with Crippen molar-refractivity contribution in [2.75, 3.05) is 0 Å². The Kier molecular flexibility index (Phi) is 6.93. The van der Waals surface area contributed by atoms with Crippen LogP contribution in [0.2, 0.25) is 0 Å². The summed E-state index contributed by atoms with van der Waals surface area (Å²) in [7, 11) is 0. The molecule has 12 aromatic rings. The van der Waals surface area contributed by atoms with Gasteiger partial charge in [0.2, 0.25) is 0 Å². The van der Waals surface area contributed by atoms with Crippen molar-refractivity contribution in [1.82, 2.24) is 4.57 Å². The molecule has 3 heteroatoms. The molecule has 0 spiro atoms. The van der Waals surface area contributed by atoms with E-state index in [1.54, 1.807) is 0 Å². The van der Waals surface area contributed by atoms with Gasteiger partial charge in [-0.3, -0.25) is 0 Å². The number of benzene rings is 9. The Morgan fingerprint density at radius 1 is 0.298 bits per heavy atom. The molecule has 57 heavy (non-hydrogen) atoms. The molecular weight excluding hydrogens is 695 g/mol. The van der Waals surface area contributed by atoms with Crippen molar-refractivity contribution in [3.63, 3.8) is 0 Å². The van der Waals surface area contributed by atoms with E-state index in [0.717, 1.165) is 82.9 Å². The Bertz CT molecular complexity index is 3400. The molecule has 266 valence electrons. The van der Waals surface area contributed by atoms with Crippen LogP contribution >= 0.6 is 0 Å². The van der Waals surface area contributed by atoms with Gasteiger partial charge in [-0.2, -0.15) is 0 Å². The zero-order chi connectivity index (χ0) is 37.5. The lowest BCUT2D eigenvalue weighted by atomic mass is 9.92. The largest absolute Gasteiger partial charge is 0.456 e. The van der Waals surface area contributed by atoms with Crippen LogP contribution in [-0.4, -0.2) is 4.57 Å². The third kappa shape index (κ3) is 4.86. The molecule has 3 heterocycles. The average Bonchev–Trinajstić information content (AvgIpc) is 3.97. The molecule has 0 amide bonds. The van der Waals surface area contributed by atoms with Gasteiger partial charge in [-0.15, -0.1) is 0 Å². The minimum absolute atomic E-state index is 0.847. The molecule has 0 aliphatic carbocycles. The molecule has 0 saturated carbocycles. The molecule has 0 aliphatic heterocycles. The van der Waals surface area contributed by atoms with E-state index >= 15 is 0 Å². The number of para-hydroxylation sites is 2. The van der Waals surface area contributed by atoms with Crippen LogP contribution in [0.15, 0.2) is 209 Å². The summed E-state index contributed by atoms with van der Waals surface area (Å²) < 4.78 is 16.1. The molecule has 0 bridgehead atoms. The molecular formula is C54H33NO2. The second-order valence-electron chi connectivity index (χ2n) is 14.8. The van der Waals surface area contributed by atoms with Crippen LogP contribution in [0, 0.1) is 0 Å². The molecule has 0 N–H and O–H groups in total. The fraction of sp³-hybridized carbons (Fsp3) is 0.